The molecule has 0 bridgehead atoms. The van der Waals surface area contributed by atoms with Gasteiger partial charge in [-0.1, -0.05) is 6.07 Å². The van der Waals surface area contributed by atoms with Crippen LogP contribution < -0.4 is 0 Å². The number of hydrogen-bond donors (Lipinski definition) is 1. The predicted molar refractivity (Wildman–Crippen MR) is 69.7 cm³/mol. The molecule has 6 nitrogen and oxygen atoms in total. The number of benzene rings is 1. The second-order valence-corrected chi connectivity index (χ2v) is 4.55. The Morgan fingerprint density at radius 3 is 2.80 bits per heavy atom. The van der Waals surface area contributed by atoms with Crippen molar-refractivity contribution in [3.63, 3.8) is 0 Å². The van der Waals surface area contributed by atoms with Crippen LogP contribution >= 0.6 is 0 Å². The van der Waals surface area contributed by atoms with Gasteiger partial charge in [0.15, 0.2) is 5.82 Å². The number of nitrogens with zero attached hydrogens (tertiary/aromatic N) is 3. The van der Waals surface area contributed by atoms with E-state index in [1.807, 2.05) is 0 Å². The lowest BCUT2D eigenvalue weighted by atomic mass is 10.0. The fraction of sp³-hybridized carbons (Fsp3) is 0.308. The zero-order valence-electron chi connectivity index (χ0n) is 11.1. The molecule has 1 aromatic carbocycles. The van der Waals surface area contributed by atoms with Crippen molar-refractivity contribution >= 4 is 5.82 Å². The highest BCUT2D eigenvalue weighted by atomic mass is 19.1. The van der Waals surface area contributed by atoms with E-state index in [4.69, 9.17) is 0 Å². The van der Waals surface area contributed by atoms with Gasteiger partial charge in [-0.15, -0.1) is 0 Å². The van der Waals surface area contributed by atoms with Gasteiger partial charge < -0.3 is 15.2 Å². The van der Waals surface area contributed by atoms with Gasteiger partial charge in [-0.2, -0.15) is 0 Å². The fourth-order valence-corrected chi connectivity index (χ4v) is 2.11. The van der Waals surface area contributed by atoms with Crippen molar-refractivity contribution in [3.05, 3.63) is 57.3 Å². The average molecular weight is 279 g/mol. The van der Waals surface area contributed by atoms with E-state index in [1.165, 1.54) is 22.8 Å². The van der Waals surface area contributed by atoms with Crippen LogP contribution in [0.2, 0.25) is 0 Å². The average Bonchev–Trinajstić information content (AvgIpc) is 2.71. The van der Waals surface area contributed by atoms with Crippen LogP contribution in [0.4, 0.5) is 10.2 Å². The van der Waals surface area contributed by atoms with Crippen LogP contribution in [0.15, 0.2) is 24.4 Å². The highest BCUT2D eigenvalue weighted by Crippen LogP contribution is 2.23. The molecule has 7 heteroatoms. The summed E-state index contributed by atoms with van der Waals surface area (Å²) in [4.78, 5) is 14.2. The van der Waals surface area contributed by atoms with Crippen LogP contribution in [0.1, 0.15) is 23.1 Å². The molecule has 0 radical (unpaired) electrons. The number of rotatable bonds is 4. The van der Waals surface area contributed by atoms with Crippen LogP contribution in [0, 0.1) is 29.8 Å². The smallest absolute Gasteiger partial charge is 0.342 e. The maximum Gasteiger partial charge on any atom is 0.342 e. The molecule has 1 N–H and O–H groups in total. The van der Waals surface area contributed by atoms with Crippen molar-refractivity contribution < 1.29 is 14.4 Å². The van der Waals surface area contributed by atoms with Crippen LogP contribution in [0.3, 0.4) is 0 Å². The summed E-state index contributed by atoms with van der Waals surface area (Å²) in [7, 11) is 0. The van der Waals surface area contributed by atoms with Crippen LogP contribution in [-0.2, 0) is 6.54 Å². The number of nitro groups is 1. The second-order valence-electron chi connectivity index (χ2n) is 4.55. The maximum absolute atomic E-state index is 13.0. The molecule has 0 fully saturated rings. The molecule has 0 spiro atoms. The van der Waals surface area contributed by atoms with E-state index in [0.29, 0.717) is 17.0 Å². The van der Waals surface area contributed by atoms with E-state index in [2.05, 4.69) is 4.98 Å². The van der Waals surface area contributed by atoms with Gasteiger partial charge in [0.25, 0.3) is 0 Å². The summed E-state index contributed by atoms with van der Waals surface area (Å²) in [5, 5.41) is 21.1. The molecule has 0 amide bonds. The number of aliphatic hydroxyl groups is 1. The zero-order valence-corrected chi connectivity index (χ0v) is 11.1. The Morgan fingerprint density at radius 1 is 1.50 bits per heavy atom. The molecule has 1 aromatic heterocycles. The molecule has 0 aliphatic rings. The maximum atomic E-state index is 13.0. The number of imidazole rings is 1. The van der Waals surface area contributed by atoms with Crippen molar-refractivity contribution in [3.8, 4) is 0 Å². The van der Waals surface area contributed by atoms with Crippen molar-refractivity contribution in [2.75, 3.05) is 0 Å². The number of aryl methyl sites for hydroxylation is 2. The molecule has 1 atom stereocenters. The highest BCUT2D eigenvalue weighted by Gasteiger charge is 2.22. The van der Waals surface area contributed by atoms with Gasteiger partial charge in [0, 0.05) is 6.92 Å². The van der Waals surface area contributed by atoms with Gasteiger partial charge in [0.1, 0.15) is 24.7 Å². The Hall–Kier alpha value is -2.28. The summed E-state index contributed by atoms with van der Waals surface area (Å²) >= 11 is 0. The zero-order chi connectivity index (χ0) is 14.9. The Morgan fingerprint density at radius 2 is 2.20 bits per heavy atom. The summed E-state index contributed by atoms with van der Waals surface area (Å²) in [6.07, 6.45) is 0.182. The SMILES string of the molecule is Cc1cc(F)ccc1C(O)Cn1c([N+](=O)[O-])cnc1C. The van der Waals surface area contributed by atoms with Gasteiger partial charge in [-0.3, -0.25) is 0 Å². The minimum Gasteiger partial charge on any atom is -0.384 e. The normalized spacial score (nSPS) is 12.4. The first-order valence-electron chi connectivity index (χ1n) is 6.00. The van der Waals surface area contributed by atoms with Crippen molar-refractivity contribution in [2.45, 2.75) is 26.5 Å². The molecule has 0 saturated carbocycles. The van der Waals surface area contributed by atoms with Crippen LogP contribution in [0.5, 0.6) is 0 Å². The Bertz CT molecular complexity index is 654. The van der Waals surface area contributed by atoms with E-state index in [1.54, 1.807) is 13.8 Å². The Balaban J connectivity index is 2.30. The minimum absolute atomic E-state index is 0.00534. The van der Waals surface area contributed by atoms with Crippen molar-refractivity contribution in [1.29, 1.82) is 0 Å². The molecule has 1 heterocycles. The lowest BCUT2D eigenvalue weighted by molar-refractivity contribution is -0.392. The summed E-state index contributed by atoms with van der Waals surface area (Å²) < 4.78 is 14.4. The molecular formula is C13H14FN3O3. The largest absolute Gasteiger partial charge is 0.384 e. The van der Waals surface area contributed by atoms with Gasteiger partial charge in [0.2, 0.25) is 0 Å². The van der Waals surface area contributed by atoms with E-state index in [-0.39, 0.29) is 18.2 Å². The topological polar surface area (TPSA) is 81.2 Å². The van der Waals surface area contributed by atoms with E-state index in [9.17, 15) is 19.6 Å². The molecular weight excluding hydrogens is 265 g/mol. The molecule has 106 valence electrons. The van der Waals surface area contributed by atoms with Gasteiger partial charge in [-0.25, -0.2) is 13.9 Å². The Kier molecular flexibility index (Phi) is 3.80. The van der Waals surface area contributed by atoms with E-state index in [0.717, 1.165) is 6.20 Å². The summed E-state index contributed by atoms with van der Waals surface area (Å²) in [5.74, 6) is -0.125. The van der Waals surface area contributed by atoms with Crippen molar-refractivity contribution in [2.24, 2.45) is 0 Å². The number of halogens is 1. The number of aromatic nitrogens is 2. The monoisotopic (exact) mass is 279 g/mol. The first-order chi connectivity index (χ1) is 9.40. The van der Waals surface area contributed by atoms with E-state index < -0.39 is 11.0 Å². The lowest BCUT2D eigenvalue weighted by Crippen LogP contribution is -2.13. The molecule has 20 heavy (non-hydrogen) atoms. The van der Waals surface area contributed by atoms with Crippen LogP contribution in [-0.4, -0.2) is 19.6 Å². The van der Waals surface area contributed by atoms with Gasteiger partial charge in [-0.05, 0) is 35.1 Å². The van der Waals surface area contributed by atoms with Crippen molar-refractivity contribution in [1.82, 2.24) is 9.55 Å². The van der Waals surface area contributed by atoms with Gasteiger partial charge in [0.05, 0.1) is 0 Å². The highest BCUT2D eigenvalue weighted by molar-refractivity contribution is 5.29. The predicted octanol–water partition coefficient (Wildman–Crippen LogP) is 2.28. The number of hydrogen-bond acceptors (Lipinski definition) is 4. The van der Waals surface area contributed by atoms with Gasteiger partial charge >= 0.3 is 5.82 Å². The van der Waals surface area contributed by atoms with E-state index >= 15 is 0 Å². The molecule has 2 aromatic rings. The minimum atomic E-state index is -0.970. The standard InChI is InChI=1S/C13H14FN3O3/c1-8-5-10(14)3-4-11(8)12(18)7-16-9(2)15-6-13(16)17(19)20/h3-6,12,18H,7H2,1-2H3. The summed E-state index contributed by atoms with van der Waals surface area (Å²) in [5.41, 5.74) is 1.13. The lowest BCUT2D eigenvalue weighted by Gasteiger charge is -2.13. The summed E-state index contributed by atoms with van der Waals surface area (Å²) in [6.45, 7) is 3.29. The first kappa shape index (κ1) is 14.1. The quantitative estimate of drug-likeness (QED) is 0.687. The summed E-state index contributed by atoms with van der Waals surface area (Å²) in [6, 6.07) is 4.04. The molecule has 0 saturated heterocycles. The second kappa shape index (κ2) is 5.38. The number of aliphatic hydroxyl groups excluding tert-OH is 1. The molecule has 0 aliphatic heterocycles. The fourth-order valence-electron chi connectivity index (χ4n) is 2.11. The first-order valence-corrected chi connectivity index (χ1v) is 6.00. The third-order valence-corrected chi connectivity index (χ3v) is 3.17. The molecule has 2 rings (SSSR count). The molecule has 0 aliphatic carbocycles. The Labute approximate surface area is 114 Å². The third-order valence-electron chi connectivity index (χ3n) is 3.17. The van der Waals surface area contributed by atoms with Crippen LogP contribution in [0.25, 0.3) is 0 Å². The third kappa shape index (κ3) is 2.67. The molecule has 1 unspecified atom stereocenters.